The van der Waals surface area contributed by atoms with Gasteiger partial charge in [-0.15, -0.1) is 0 Å². The van der Waals surface area contributed by atoms with Crippen molar-refractivity contribution in [3.05, 3.63) is 27.7 Å². The van der Waals surface area contributed by atoms with Gasteiger partial charge in [-0.05, 0) is 31.0 Å². The number of anilines is 1. The molecule has 4 nitrogen and oxygen atoms in total. The lowest BCUT2D eigenvalue weighted by atomic mass is 10.1. The van der Waals surface area contributed by atoms with Gasteiger partial charge in [0.1, 0.15) is 5.25 Å². The topological polar surface area (TPSA) is 54.5 Å². The van der Waals surface area contributed by atoms with Gasteiger partial charge in [0.25, 0.3) is 0 Å². The maximum atomic E-state index is 12.0. The average Bonchev–Trinajstić information content (AvgIpc) is 2.65. The third kappa shape index (κ3) is 2.95. The van der Waals surface area contributed by atoms with E-state index in [1.807, 2.05) is 26.0 Å². The van der Waals surface area contributed by atoms with Crippen LogP contribution in [0.25, 0.3) is 0 Å². The van der Waals surface area contributed by atoms with E-state index in [1.54, 1.807) is 0 Å². The molecule has 19 heavy (non-hydrogen) atoms. The predicted molar refractivity (Wildman–Crippen MR) is 79.1 cm³/mol. The molecule has 7 heteroatoms. The van der Waals surface area contributed by atoms with Crippen LogP contribution in [0.2, 0.25) is 0 Å². The number of carbonyl (C=O) groups excluding carboxylic acids is 1. The van der Waals surface area contributed by atoms with E-state index in [0.29, 0.717) is 0 Å². The number of nitrogens with zero attached hydrogens (tertiary/aromatic N) is 1. The molecule has 1 atom stereocenters. The molecule has 1 heterocycles. The summed E-state index contributed by atoms with van der Waals surface area (Å²) in [6.07, 6.45) is -0.0588. The molecule has 1 aliphatic rings. The van der Waals surface area contributed by atoms with Crippen LogP contribution in [-0.2, 0) is 13.8 Å². The number of amides is 1. The van der Waals surface area contributed by atoms with Gasteiger partial charge in [-0.3, -0.25) is 4.79 Å². The molecule has 0 aromatic heterocycles. The van der Waals surface area contributed by atoms with Gasteiger partial charge >= 0.3 is 0 Å². The third-order valence-electron chi connectivity index (χ3n) is 3.26. The van der Waals surface area contributed by atoms with Gasteiger partial charge in [0.15, 0.2) is 0 Å². The van der Waals surface area contributed by atoms with E-state index in [9.17, 15) is 13.2 Å². The predicted octanol–water partition coefficient (Wildman–Crippen LogP) is 2.74. The molecule has 1 aromatic carbocycles. The van der Waals surface area contributed by atoms with Crippen LogP contribution in [0.1, 0.15) is 17.5 Å². The smallest absolute Gasteiger partial charge is 0.237 e. The minimum atomic E-state index is -3.71. The minimum absolute atomic E-state index is 0.0588. The van der Waals surface area contributed by atoms with Crippen LogP contribution in [0.15, 0.2) is 16.6 Å². The van der Waals surface area contributed by atoms with E-state index in [4.69, 9.17) is 10.7 Å². The van der Waals surface area contributed by atoms with E-state index >= 15 is 0 Å². The zero-order chi connectivity index (χ0) is 14.4. The summed E-state index contributed by atoms with van der Waals surface area (Å²) in [4.78, 5) is 13.5. The Bertz CT molecular complexity index is 645. The third-order valence-corrected chi connectivity index (χ3v) is 5.98. The molecule has 1 aromatic rings. The highest BCUT2D eigenvalue weighted by Crippen LogP contribution is 2.32. The van der Waals surface area contributed by atoms with Gasteiger partial charge in [-0.25, -0.2) is 8.42 Å². The summed E-state index contributed by atoms with van der Waals surface area (Å²) in [5, 5.41) is -0.832. The summed E-state index contributed by atoms with van der Waals surface area (Å²) in [6.45, 7) is 3.96. The SMILES string of the molecule is Cc1cc(C)c(N2CC(S(=O)(=O)Cl)CC2=O)cc1Br. The molecule has 0 bridgehead atoms. The molecule has 104 valence electrons. The van der Waals surface area contributed by atoms with E-state index in [2.05, 4.69) is 15.9 Å². The summed E-state index contributed by atoms with van der Waals surface area (Å²) in [7, 11) is 1.63. The van der Waals surface area contributed by atoms with Crippen LogP contribution in [0.5, 0.6) is 0 Å². The molecule has 0 spiro atoms. The molecular weight excluding hydrogens is 354 g/mol. The Morgan fingerprint density at radius 3 is 2.47 bits per heavy atom. The molecule has 0 N–H and O–H groups in total. The zero-order valence-electron chi connectivity index (χ0n) is 10.5. The fourth-order valence-electron chi connectivity index (χ4n) is 2.20. The van der Waals surface area contributed by atoms with E-state index < -0.39 is 14.3 Å². The molecule has 2 rings (SSSR count). The molecule has 1 saturated heterocycles. The average molecular weight is 367 g/mol. The first-order chi connectivity index (χ1) is 8.70. The summed E-state index contributed by atoms with van der Waals surface area (Å²) < 4.78 is 23.6. The van der Waals surface area contributed by atoms with Gasteiger partial charge in [-0.1, -0.05) is 22.0 Å². The lowest BCUT2D eigenvalue weighted by Crippen LogP contribution is -2.27. The van der Waals surface area contributed by atoms with Crippen LogP contribution < -0.4 is 4.90 Å². The Morgan fingerprint density at radius 2 is 1.95 bits per heavy atom. The Labute approximate surface area is 125 Å². The number of benzene rings is 1. The highest BCUT2D eigenvalue weighted by atomic mass is 79.9. The van der Waals surface area contributed by atoms with Crippen LogP contribution in [0.3, 0.4) is 0 Å². The number of carbonyl (C=O) groups is 1. The van der Waals surface area contributed by atoms with Crippen LogP contribution in [0, 0.1) is 13.8 Å². The van der Waals surface area contributed by atoms with Crippen molar-refractivity contribution in [1.82, 2.24) is 0 Å². The van der Waals surface area contributed by atoms with Gasteiger partial charge < -0.3 is 4.90 Å². The fraction of sp³-hybridized carbons (Fsp3) is 0.417. The first-order valence-corrected chi connectivity index (χ1v) is 8.87. The Balaban J connectivity index is 2.39. The van der Waals surface area contributed by atoms with Crippen molar-refractivity contribution >= 4 is 47.3 Å². The fourth-order valence-corrected chi connectivity index (χ4v) is 3.56. The minimum Gasteiger partial charge on any atom is -0.311 e. The summed E-state index contributed by atoms with van der Waals surface area (Å²) in [5.41, 5.74) is 2.72. The van der Waals surface area contributed by atoms with Crippen molar-refractivity contribution in [3.8, 4) is 0 Å². The normalized spacial score (nSPS) is 20.1. The Morgan fingerprint density at radius 1 is 1.32 bits per heavy atom. The van der Waals surface area contributed by atoms with Gasteiger partial charge in [0.05, 0.1) is 0 Å². The van der Waals surface area contributed by atoms with Crippen molar-refractivity contribution in [2.75, 3.05) is 11.4 Å². The van der Waals surface area contributed by atoms with E-state index in [0.717, 1.165) is 21.3 Å². The largest absolute Gasteiger partial charge is 0.311 e. The zero-order valence-corrected chi connectivity index (χ0v) is 13.6. The number of hydrogen-bond acceptors (Lipinski definition) is 3. The number of aryl methyl sites for hydroxylation is 2. The first kappa shape index (κ1) is 14.8. The highest BCUT2D eigenvalue weighted by Gasteiger charge is 2.38. The number of halogens is 2. The van der Waals surface area contributed by atoms with Crippen molar-refractivity contribution in [1.29, 1.82) is 0 Å². The maximum Gasteiger partial charge on any atom is 0.237 e. The van der Waals surface area contributed by atoms with Crippen LogP contribution >= 0.6 is 26.6 Å². The summed E-state index contributed by atoms with van der Waals surface area (Å²) >= 11 is 3.42. The Kier molecular flexibility index (Phi) is 3.95. The number of hydrogen-bond donors (Lipinski definition) is 0. The summed E-state index contributed by atoms with van der Waals surface area (Å²) in [5.74, 6) is -0.215. The van der Waals surface area contributed by atoms with E-state index in [1.165, 1.54) is 4.90 Å². The maximum absolute atomic E-state index is 12.0. The van der Waals surface area contributed by atoms with Crippen molar-refractivity contribution in [2.24, 2.45) is 0 Å². The molecule has 1 fully saturated rings. The van der Waals surface area contributed by atoms with Crippen LogP contribution in [0.4, 0.5) is 5.69 Å². The van der Waals surface area contributed by atoms with Crippen molar-refractivity contribution in [2.45, 2.75) is 25.5 Å². The molecule has 0 aliphatic carbocycles. The standard InChI is InChI=1S/C12H13BrClNO3S/c1-7-3-8(2)11(5-10(7)13)15-6-9(4-12(15)16)19(14,17)18/h3,5,9H,4,6H2,1-2H3. The van der Waals surface area contributed by atoms with Gasteiger partial charge in [0, 0.05) is 33.8 Å². The quantitative estimate of drug-likeness (QED) is 0.756. The van der Waals surface area contributed by atoms with E-state index in [-0.39, 0.29) is 18.9 Å². The first-order valence-electron chi connectivity index (χ1n) is 5.70. The molecular formula is C12H13BrClNO3S. The van der Waals surface area contributed by atoms with Crippen molar-refractivity contribution < 1.29 is 13.2 Å². The number of rotatable bonds is 2. The lowest BCUT2D eigenvalue weighted by Gasteiger charge is -2.20. The highest BCUT2D eigenvalue weighted by molar-refractivity contribution is 9.10. The second-order valence-electron chi connectivity index (χ2n) is 4.69. The Hall–Kier alpha value is -0.590. The monoisotopic (exact) mass is 365 g/mol. The molecule has 1 amide bonds. The lowest BCUT2D eigenvalue weighted by molar-refractivity contribution is -0.117. The van der Waals surface area contributed by atoms with Gasteiger partial charge in [0.2, 0.25) is 15.0 Å². The molecule has 0 radical (unpaired) electrons. The second kappa shape index (κ2) is 5.07. The molecule has 0 saturated carbocycles. The second-order valence-corrected chi connectivity index (χ2v) is 8.46. The molecule has 1 unspecified atom stereocenters. The molecule has 1 aliphatic heterocycles. The van der Waals surface area contributed by atoms with Crippen LogP contribution in [-0.4, -0.2) is 26.1 Å². The van der Waals surface area contributed by atoms with Crippen molar-refractivity contribution in [3.63, 3.8) is 0 Å². The van der Waals surface area contributed by atoms with Gasteiger partial charge in [-0.2, -0.15) is 0 Å². The summed E-state index contributed by atoms with van der Waals surface area (Å²) in [6, 6.07) is 3.79.